The smallest absolute Gasteiger partial charge is 0.164 e. The van der Waals surface area contributed by atoms with Crippen LogP contribution in [0.1, 0.15) is 0 Å². The lowest BCUT2D eigenvalue weighted by molar-refractivity contribution is 0.669. The Bertz CT molecular complexity index is 2900. The monoisotopic (exact) mass is 625 g/mol. The van der Waals surface area contributed by atoms with Crippen LogP contribution in [0.25, 0.3) is 99.5 Å². The number of benzene rings is 8. The third-order valence-electron chi connectivity index (χ3n) is 9.46. The van der Waals surface area contributed by atoms with Crippen LogP contribution in [0.5, 0.6) is 0 Å². The third-order valence-corrected chi connectivity index (χ3v) is 9.46. The fraction of sp³-hybridized carbons (Fsp3) is 0. The van der Waals surface area contributed by atoms with E-state index in [1.165, 1.54) is 27.3 Å². The molecule has 0 atom stereocenters. The van der Waals surface area contributed by atoms with E-state index in [9.17, 15) is 0 Å². The quantitative estimate of drug-likeness (QED) is 0.195. The number of rotatable bonds is 4. The summed E-state index contributed by atoms with van der Waals surface area (Å²) in [5.74, 6) is 1.88. The lowest BCUT2D eigenvalue weighted by Crippen LogP contribution is -2.00. The first-order chi connectivity index (χ1) is 24.2. The van der Waals surface area contributed by atoms with Crippen molar-refractivity contribution in [3.8, 4) is 45.3 Å². The minimum atomic E-state index is 0.616. The van der Waals surface area contributed by atoms with E-state index in [4.69, 9.17) is 19.4 Å². The molecule has 0 fully saturated rings. The Balaban J connectivity index is 1.14. The van der Waals surface area contributed by atoms with Gasteiger partial charge in [0.15, 0.2) is 17.5 Å². The summed E-state index contributed by atoms with van der Waals surface area (Å²) in [6.45, 7) is 0. The maximum atomic E-state index is 6.12. The number of para-hydroxylation sites is 1. The molecule has 10 aromatic rings. The fourth-order valence-electron chi connectivity index (χ4n) is 6.89. The number of nitrogens with zero attached hydrogens (tertiary/aromatic N) is 3. The highest BCUT2D eigenvalue weighted by molar-refractivity contribution is 6.06. The Morgan fingerprint density at radius 2 is 0.694 bits per heavy atom. The second-order valence-corrected chi connectivity index (χ2v) is 12.5. The molecule has 0 amide bonds. The summed E-state index contributed by atoms with van der Waals surface area (Å²) in [5, 5.41) is 9.18. The van der Waals surface area contributed by atoms with E-state index in [2.05, 4.69) is 133 Å². The van der Waals surface area contributed by atoms with Gasteiger partial charge in [0, 0.05) is 27.5 Å². The van der Waals surface area contributed by atoms with Crippen LogP contribution in [-0.4, -0.2) is 15.0 Å². The van der Waals surface area contributed by atoms with Crippen molar-refractivity contribution in [1.29, 1.82) is 0 Å². The average molecular weight is 626 g/mol. The zero-order chi connectivity index (χ0) is 32.3. The summed E-state index contributed by atoms with van der Waals surface area (Å²) in [5.41, 5.74) is 6.84. The summed E-state index contributed by atoms with van der Waals surface area (Å²) < 4.78 is 6.12. The molecule has 0 spiro atoms. The largest absolute Gasteiger partial charge is 0.456 e. The van der Waals surface area contributed by atoms with Gasteiger partial charge in [0.05, 0.1) is 0 Å². The van der Waals surface area contributed by atoms with Crippen molar-refractivity contribution in [2.24, 2.45) is 0 Å². The molecule has 0 bridgehead atoms. The molecule has 0 unspecified atom stereocenters. The zero-order valence-electron chi connectivity index (χ0n) is 26.3. The Kier molecular flexibility index (Phi) is 6.15. The highest BCUT2D eigenvalue weighted by Gasteiger charge is 2.15. The van der Waals surface area contributed by atoms with Gasteiger partial charge in [0.25, 0.3) is 0 Å². The fourth-order valence-corrected chi connectivity index (χ4v) is 6.89. The van der Waals surface area contributed by atoms with Crippen LogP contribution in [0.3, 0.4) is 0 Å². The number of aromatic nitrogens is 3. The van der Waals surface area contributed by atoms with Crippen molar-refractivity contribution in [1.82, 2.24) is 15.0 Å². The molecule has 228 valence electrons. The van der Waals surface area contributed by atoms with E-state index in [-0.39, 0.29) is 0 Å². The van der Waals surface area contributed by atoms with Crippen molar-refractivity contribution in [3.63, 3.8) is 0 Å². The molecule has 0 aliphatic rings. The normalized spacial score (nSPS) is 11.7. The summed E-state index contributed by atoms with van der Waals surface area (Å²) in [6, 6.07) is 57.2. The van der Waals surface area contributed by atoms with Crippen molar-refractivity contribution in [2.45, 2.75) is 0 Å². The van der Waals surface area contributed by atoms with E-state index >= 15 is 0 Å². The van der Waals surface area contributed by atoms with E-state index in [1.54, 1.807) is 0 Å². The first-order valence-electron chi connectivity index (χ1n) is 16.4. The van der Waals surface area contributed by atoms with Crippen LogP contribution in [0.4, 0.5) is 0 Å². The van der Waals surface area contributed by atoms with Crippen molar-refractivity contribution >= 4 is 54.3 Å². The van der Waals surface area contributed by atoms with Crippen molar-refractivity contribution < 1.29 is 4.42 Å². The summed E-state index contributed by atoms with van der Waals surface area (Å²) >= 11 is 0. The maximum absolute atomic E-state index is 6.12. The van der Waals surface area contributed by atoms with E-state index in [1.807, 2.05) is 30.3 Å². The average Bonchev–Trinajstić information content (AvgIpc) is 3.55. The van der Waals surface area contributed by atoms with Gasteiger partial charge in [-0.15, -0.1) is 0 Å². The standard InChI is InChI=1S/C45H27N3O/c1-3-9-31-23-33(17-13-28(31)7-1)34-18-14-30-16-20-36(26-38(30)25-34)44-46-43(35-19-15-29-8-2-4-10-32(29)24-35)47-45(48-44)37-21-22-42-40(27-37)39-11-5-6-12-41(39)49-42/h1-27H. The lowest BCUT2D eigenvalue weighted by Gasteiger charge is -2.11. The van der Waals surface area contributed by atoms with E-state index in [0.717, 1.165) is 54.8 Å². The minimum absolute atomic E-state index is 0.616. The Morgan fingerprint density at radius 3 is 1.33 bits per heavy atom. The van der Waals surface area contributed by atoms with Crippen molar-refractivity contribution in [2.75, 3.05) is 0 Å². The third kappa shape index (κ3) is 4.81. The lowest BCUT2D eigenvalue weighted by atomic mass is 9.98. The van der Waals surface area contributed by atoms with Gasteiger partial charge in [0.1, 0.15) is 11.2 Å². The van der Waals surface area contributed by atoms with Gasteiger partial charge in [0.2, 0.25) is 0 Å². The van der Waals surface area contributed by atoms with Crippen LogP contribution in [0.15, 0.2) is 168 Å². The van der Waals surface area contributed by atoms with Crippen LogP contribution >= 0.6 is 0 Å². The number of hydrogen-bond donors (Lipinski definition) is 0. The Labute approximate surface area is 282 Å². The van der Waals surface area contributed by atoms with E-state index in [0.29, 0.717) is 17.5 Å². The molecule has 4 heteroatoms. The molecular weight excluding hydrogens is 599 g/mol. The molecule has 4 nitrogen and oxygen atoms in total. The molecule has 2 heterocycles. The summed E-state index contributed by atoms with van der Waals surface area (Å²) in [6.07, 6.45) is 0. The molecule has 49 heavy (non-hydrogen) atoms. The first kappa shape index (κ1) is 27.5. The molecule has 0 radical (unpaired) electrons. The highest BCUT2D eigenvalue weighted by atomic mass is 16.3. The predicted molar refractivity (Wildman–Crippen MR) is 201 cm³/mol. The van der Waals surface area contributed by atoms with Crippen LogP contribution in [0, 0.1) is 0 Å². The second-order valence-electron chi connectivity index (χ2n) is 12.5. The first-order valence-corrected chi connectivity index (χ1v) is 16.4. The van der Waals surface area contributed by atoms with Crippen LogP contribution in [-0.2, 0) is 0 Å². The van der Waals surface area contributed by atoms with Gasteiger partial charge in [-0.3, -0.25) is 0 Å². The molecule has 0 saturated heterocycles. The molecule has 0 N–H and O–H groups in total. The zero-order valence-corrected chi connectivity index (χ0v) is 26.3. The van der Waals surface area contributed by atoms with Gasteiger partial charge >= 0.3 is 0 Å². The molecule has 2 aromatic heterocycles. The van der Waals surface area contributed by atoms with Gasteiger partial charge < -0.3 is 4.42 Å². The SMILES string of the molecule is c1ccc2cc(-c3ccc4ccc(-c5nc(-c6ccc7ccccc7c6)nc(-c6ccc7oc8ccccc8c7c6)n5)cc4c3)ccc2c1. The molecule has 0 saturated carbocycles. The van der Waals surface area contributed by atoms with Gasteiger partial charge in [-0.1, -0.05) is 115 Å². The number of hydrogen-bond acceptors (Lipinski definition) is 4. The van der Waals surface area contributed by atoms with E-state index < -0.39 is 0 Å². The molecule has 0 aliphatic heterocycles. The van der Waals surface area contributed by atoms with Gasteiger partial charge in [-0.05, 0) is 92.0 Å². The Morgan fingerprint density at radius 1 is 0.286 bits per heavy atom. The van der Waals surface area contributed by atoms with Gasteiger partial charge in [-0.25, -0.2) is 15.0 Å². The highest BCUT2D eigenvalue weighted by Crippen LogP contribution is 2.34. The molecule has 8 aromatic carbocycles. The molecule has 10 rings (SSSR count). The predicted octanol–water partition coefficient (Wildman–Crippen LogP) is 11.9. The van der Waals surface area contributed by atoms with Crippen molar-refractivity contribution in [3.05, 3.63) is 164 Å². The maximum Gasteiger partial charge on any atom is 0.164 e. The number of furan rings is 1. The summed E-state index contributed by atoms with van der Waals surface area (Å²) in [4.78, 5) is 15.3. The molecular formula is C45H27N3O. The van der Waals surface area contributed by atoms with Gasteiger partial charge in [-0.2, -0.15) is 0 Å². The molecule has 0 aliphatic carbocycles. The van der Waals surface area contributed by atoms with Crippen LogP contribution < -0.4 is 0 Å². The topological polar surface area (TPSA) is 51.8 Å². The van der Waals surface area contributed by atoms with Crippen LogP contribution in [0.2, 0.25) is 0 Å². The Hall–Kier alpha value is -6.65. The summed E-state index contributed by atoms with van der Waals surface area (Å²) in [7, 11) is 0. The second kappa shape index (κ2) is 11.0. The number of fused-ring (bicyclic) bond motifs is 6. The minimum Gasteiger partial charge on any atom is -0.456 e.